The molecular weight excluding hydrogens is 254 g/mol. The smallest absolute Gasteiger partial charge is 0.247 e. The van der Waals surface area contributed by atoms with Crippen LogP contribution in [-0.2, 0) is 11.3 Å². The van der Waals surface area contributed by atoms with Gasteiger partial charge in [-0.15, -0.1) is 5.10 Å². The Morgan fingerprint density at radius 1 is 1.25 bits per heavy atom. The summed E-state index contributed by atoms with van der Waals surface area (Å²) in [5.74, 6) is 0.393. The van der Waals surface area contributed by atoms with E-state index in [1.165, 1.54) is 0 Å². The Morgan fingerprint density at radius 3 is 2.95 bits per heavy atom. The number of benzene rings is 1. The first-order valence-corrected chi connectivity index (χ1v) is 6.24. The SMILES string of the molecule is Cc1cccnc1NC(=O)Cn1nnc2ccccc21. The van der Waals surface area contributed by atoms with Crippen molar-refractivity contribution in [2.75, 3.05) is 5.32 Å². The fraction of sp³-hybridized carbons (Fsp3) is 0.143. The quantitative estimate of drug-likeness (QED) is 0.785. The van der Waals surface area contributed by atoms with Crippen LogP contribution in [0.5, 0.6) is 0 Å². The van der Waals surface area contributed by atoms with Crippen LogP contribution in [-0.4, -0.2) is 25.9 Å². The third-order valence-electron chi connectivity index (χ3n) is 2.98. The number of para-hydroxylation sites is 1. The predicted octanol–water partition coefficient (Wildman–Crippen LogP) is 1.77. The molecule has 6 nitrogen and oxygen atoms in total. The number of fused-ring (bicyclic) bond motifs is 1. The minimum absolute atomic E-state index is 0.108. The maximum atomic E-state index is 12.0. The van der Waals surface area contributed by atoms with Crippen molar-refractivity contribution in [3.8, 4) is 0 Å². The van der Waals surface area contributed by atoms with Crippen LogP contribution in [0.4, 0.5) is 5.82 Å². The van der Waals surface area contributed by atoms with Gasteiger partial charge in [-0.05, 0) is 30.7 Å². The Bertz CT molecular complexity index is 765. The van der Waals surface area contributed by atoms with Gasteiger partial charge in [-0.1, -0.05) is 23.4 Å². The van der Waals surface area contributed by atoms with Crippen molar-refractivity contribution in [2.24, 2.45) is 0 Å². The van der Waals surface area contributed by atoms with E-state index in [4.69, 9.17) is 0 Å². The van der Waals surface area contributed by atoms with Crippen molar-refractivity contribution in [1.82, 2.24) is 20.0 Å². The average Bonchev–Trinajstić information content (AvgIpc) is 2.85. The second-order valence-corrected chi connectivity index (χ2v) is 4.45. The maximum absolute atomic E-state index is 12.0. The molecule has 0 saturated heterocycles. The second-order valence-electron chi connectivity index (χ2n) is 4.45. The first kappa shape index (κ1) is 12.3. The predicted molar refractivity (Wildman–Crippen MR) is 75.1 cm³/mol. The second kappa shape index (κ2) is 5.08. The number of aromatic nitrogens is 4. The third-order valence-corrected chi connectivity index (χ3v) is 2.98. The molecule has 3 rings (SSSR count). The molecule has 1 aromatic carbocycles. The summed E-state index contributed by atoms with van der Waals surface area (Å²) < 4.78 is 1.57. The van der Waals surface area contributed by atoms with Gasteiger partial charge in [-0.25, -0.2) is 9.67 Å². The Morgan fingerprint density at radius 2 is 2.10 bits per heavy atom. The van der Waals surface area contributed by atoms with E-state index < -0.39 is 0 Å². The summed E-state index contributed by atoms with van der Waals surface area (Å²) >= 11 is 0. The number of amides is 1. The lowest BCUT2D eigenvalue weighted by Gasteiger charge is -2.07. The van der Waals surface area contributed by atoms with E-state index in [9.17, 15) is 4.79 Å². The van der Waals surface area contributed by atoms with Crippen molar-refractivity contribution in [2.45, 2.75) is 13.5 Å². The number of nitrogens with one attached hydrogen (secondary N) is 1. The minimum Gasteiger partial charge on any atom is -0.309 e. The fourth-order valence-electron chi connectivity index (χ4n) is 1.96. The number of hydrogen-bond acceptors (Lipinski definition) is 4. The zero-order valence-corrected chi connectivity index (χ0v) is 10.9. The lowest BCUT2D eigenvalue weighted by atomic mass is 10.3. The summed E-state index contributed by atoms with van der Waals surface area (Å²) in [6.45, 7) is 2.00. The number of carbonyl (C=O) groups is 1. The average molecular weight is 267 g/mol. The van der Waals surface area contributed by atoms with Crippen molar-refractivity contribution in [3.63, 3.8) is 0 Å². The number of pyridine rings is 1. The molecule has 0 atom stereocenters. The molecule has 1 amide bonds. The molecule has 0 aliphatic rings. The largest absolute Gasteiger partial charge is 0.309 e. The van der Waals surface area contributed by atoms with E-state index >= 15 is 0 Å². The summed E-state index contributed by atoms with van der Waals surface area (Å²) in [5.41, 5.74) is 2.53. The number of aryl methyl sites for hydroxylation is 1. The van der Waals surface area contributed by atoms with E-state index in [2.05, 4.69) is 20.6 Å². The fourth-order valence-corrected chi connectivity index (χ4v) is 1.96. The van der Waals surface area contributed by atoms with Gasteiger partial charge in [-0.2, -0.15) is 0 Å². The van der Waals surface area contributed by atoms with Crippen molar-refractivity contribution < 1.29 is 4.79 Å². The molecule has 0 spiro atoms. The van der Waals surface area contributed by atoms with Crippen LogP contribution >= 0.6 is 0 Å². The summed E-state index contributed by atoms with van der Waals surface area (Å²) in [7, 11) is 0. The summed E-state index contributed by atoms with van der Waals surface area (Å²) in [6, 6.07) is 11.2. The van der Waals surface area contributed by atoms with Gasteiger partial charge in [0.1, 0.15) is 17.9 Å². The molecule has 0 radical (unpaired) electrons. The monoisotopic (exact) mass is 267 g/mol. The molecule has 0 bridgehead atoms. The summed E-state index contributed by atoms with van der Waals surface area (Å²) in [5, 5.41) is 10.8. The van der Waals surface area contributed by atoms with Gasteiger partial charge in [0.15, 0.2) is 0 Å². The van der Waals surface area contributed by atoms with E-state index in [1.807, 2.05) is 43.3 Å². The molecule has 20 heavy (non-hydrogen) atoms. The molecule has 0 saturated carbocycles. The molecule has 100 valence electrons. The highest BCUT2D eigenvalue weighted by atomic mass is 16.2. The molecule has 0 unspecified atom stereocenters. The van der Waals surface area contributed by atoms with Gasteiger partial charge in [0.05, 0.1) is 5.52 Å². The Hall–Kier alpha value is -2.76. The Kier molecular flexibility index (Phi) is 3.12. The topological polar surface area (TPSA) is 72.7 Å². The Balaban J connectivity index is 1.78. The molecule has 2 heterocycles. The van der Waals surface area contributed by atoms with Crippen molar-refractivity contribution >= 4 is 22.8 Å². The van der Waals surface area contributed by atoms with Crippen LogP contribution in [0.3, 0.4) is 0 Å². The van der Waals surface area contributed by atoms with Crippen LogP contribution in [0.15, 0.2) is 42.6 Å². The summed E-state index contributed by atoms with van der Waals surface area (Å²) in [6.07, 6.45) is 1.65. The lowest BCUT2D eigenvalue weighted by Crippen LogP contribution is -2.20. The van der Waals surface area contributed by atoms with Crippen LogP contribution in [0.2, 0.25) is 0 Å². The van der Waals surface area contributed by atoms with Gasteiger partial charge < -0.3 is 5.32 Å². The highest BCUT2D eigenvalue weighted by Gasteiger charge is 2.10. The maximum Gasteiger partial charge on any atom is 0.247 e. The highest BCUT2D eigenvalue weighted by Crippen LogP contribution is 2.11. The lowest BCUT2D eigenvalue weighted by molar-refractivity contribution is -0.116. The van der Waals surface area contributed by atoms with Crippen LogP contribution in [0, 0.1) is 6.92 Å². The van der Waals surface area contributed by atoms with Gasteiger partial charge in [0.25, 0.3) is 0 Å². The Labute approximate surface area is 115 Å². The molecule has 6 heteroatoms. The molecule has 0 aliphatic carbocycles. The zero-order valence-electron chi connectivity index (χ0n) is 10.9. The van der Waals surface area contributed by atoms with E-state index in [0.717, 1.165) is 16.6 Å². The molecule has 2 aromatic heterocycles. The zero-order chi connectivity index (χ0) is 13.9. The molecule has 1 N–H and O–H groups in total. The summed E-state index contributed by atoms with van der Waals surface area (Å²) in [4.78, 5) is 16.2. The molecular formula is C14H13N5O. The van der Waals surface area contributed by atoms with Gasteiger partial charge in [0, 0.05) is 6.20 Å². The van der Waals surface area contributed by atoms with E-state index in [0.29, 0.717) is 5.82 Å². The van der Waals surface area contributed by atoms with E-state index in [1.54, 1.807) is 10.9 Å². The first-order valence-electron chi connectivity index (χ1n) is 6.24. The van der Waals surface area contributed by atoms with Gasteiger partial charge >= 0.3 is 0 Å². The third kappa shape index (κ3) is 2.35. The van der Waals surface area contributed by atoms with E-state index in [-0.39, 0.29) is 12.5 Å². The minimum atomic E-state index is -0.178. The number of hydrogen-bond donors (Lipinski definition) is 1. The number of nitrogens with zero attached hydrogens (tertiary/aromatic N) is 4. The standard InChI is InChI=1S/C14H13N5O/c1-10-5-4-8-15-14(10)16-13(20)9-19-12-7-3-2-6-11(12)17-18-19/h2-8H,9H2,1H3,(H,15,16,20). The van der Waals surface area contributed by atoms with Crippen LogP contribution in [0.1, 0.15) is 5.56 Å². The number of carbonyl (C=O) groups excluding carboxylic acids is 1. The number of rotatable bonds is 3. The number of anilines is 1. The molecule has 0 aliphatic heterocycles. The van der Waals surface area contributed by atoms with Crippen molar-refractivity contribution in [1.29, 1.82) is 0 Å². The van der Waals surface area contributed by atoms with Crippen molar-refractivity contribution in [3.05, 3.63) is 48.2 Å². The molecule has 3 aromatic rings. The highest BCUT2D eigenvalue weighted by molar-refractivity contribution is 5.91. The first-order chi connectivity index (χ1) is 9.74. The molecule has 0 fully saturated rings. The van der Waals surface area contributed by atoms with Crippen LogP contribution in [0.25, 0.3) is 11.0 Å². The van der Waals surface area contributed by atoms with Crippen LogP contribution < -0.4 is 5.32 Å². The normalized spacial score (nSPS) is 10.7. The van der Waals surface area contributed by atoms with Gasteiger partial charge in [-0.3, -0.25) is 4.79 Å². The van der Waals surface area contributed by atoms with Gasteiger partial charge in [0.2, 0.25) is 5.91 Å².